The second-order valence-corrected chi connectivity index (χ2v) is 20.4. The van der Waals surface area contributed by atoms with Gasteiger partial charge < -0.3 is 65.1 Å². The molecular weight excluding hydrogens is 895 g/mol. The van der Waals surface area contributed by atoms with Crippen LogP contribution in [0.25, 0.3) is 0 Å². The molecule has 412 valence electrons. The first kappa shape index (κ1) is 64.6. The van der Waals surface area contributed by atoms with E-state index in [1.165, 1.54) is 148 Å². The van der Waals surface area contributed by atoms with Gasteiger partial charge >= 0.3 is 0 Å². The van der Waals surface area contributed by atoms with Crippen molar-refractivity contribution < 1.29 is 64.6 Å². The summed E-state index contributed by atoms with van der Waals surface area (Å²) in [5.74, 6) is -0.247. The molecule has 0 spiro atoms. The minimum atomic E-state index is -1.79. The van der Waals surface area contributed by atoms with Crippen molar-refractivity contribution in [2.24, 2.45) is 0 Å². The number of hydrogen-bond donors (Lipinski definition) is 9. The maximum Gasteiger partial charge on any atom is 0.220 e. The van der Waals surface area contributed by atoms with Gasteiger partial charge in [0.25, 0.3) is 0 Å². The van der Waals surface area contributed by atoms with E-state index < -0.39 is 86.8 Å². The van der Waals surface area contributed by atoms with E-state index in [2.05, 4.69) is 31.3 Å². The molecule has 0 aromatic rings. The number of carbonyl (C=O) groups is 1. The fourth-order valence-corrected chi connectivity index (χ4v) is 9.46. The predicted octanol–water partition coefficient (Wildman–Crippen LogP) is 8.89. The molecule has 0 bridgehead atoms. The van der Waals surface area contributed by atoms with Crippen molar-refractivity contribution in [1.29, 1.82) is 0 Å². The van der Waals surface area contributed by atoms with Crippen LogP contribution in [0, 0.1) is 0 Å². The Labute approximate surface area is 424 Å². The lowest BCUT2D eigenvalue weighted by Gasteiger charge is -2.46. The highest BCUT2D eigenvalue weighted by Gasteiger charge is 2.51. The Bertz CT molecular complexity index is 1270. The summed E-state index contributed by atoms with van der Waals surface area (Å²) in [6.45, 7) is 2.79. The average Bonchev–Trinajstić information content (AvgIpc) is 3.36. The van der Waals surface area contributed by atoms with Crippen molar-refractivity contribution in [3.63, 3.8) is 0 Å². The van der Waals surface area contributed by atoms with Crippen LogP contribution in [0.2, 0.25) is 0 Å². The van der Waals surface area contributed by atoms with Gasteiger partial charge in [0, 0.05) is 6.42 Å². The molecule has 0 saturated carbocycles. The van der Waals surface area contributed by atoms with E-state index in [1.54, 1.807) is 6.08 Å². The van der Waals surface area contributed by atoms with Crippen LogP contribution in [-0.4, -0.2) is 140 Å². The molecule has 1 amide bonds. The Morgan fingerprint density at radius 1 is 0.500 bits per heavy atom. The van der Waals surface area contributed by atoms with Gasteiger partial charge in [-0.2, -0.15) is 0 Å². The van der Waals surface area contributed by atoms with Crippen LogP contribution in [0.5, 0.6) is 0 Å². The first-order chi connectivity index (χ1) is 34.1. The number of rotatable bonds is 45. The lowest BCUT2D eigenvalue weighted by Crippen LogP contribution is -2.65. The molecule has 12 atom stereocenters. The van der Waals surface area contributed by atoms with Gasteiger partial charge in [0.1, 0.15) is 48.8 Å². The van der Waals surface area contributed by atoms with Crippen molar-refractivity contribution in [3.8, 4) is 0 Å². The van der Waals surface area contributed by atoms with E-state index in [-0.39, 0.29) is 18.9 Å². The molecule has 2 aliphatic heterocycles. The van der Waals surface area contributed by atoms with Gasteiger partial charge in [-0.1, -0.05) is 205 Å². The molecule has 14 heteroatoms. The molecule has 0 radical (unpaired) electrons. The number of aliphatic hydroxyl groups is 8. The first-order valence-corrected chi connectivity index (χ1v) is 28.6. The Hall–Kier alpha value is -1.53. The van der Waals surface area contributed by atoms with E-state index in [1.807, 2.05) is 6.08 Å². The lowest BCUT2D eigenvalue weighted by atomic mass is 9.97. The van der Waals surface area contributed by atoms with Crippen molar-refractivity contribution in [3.05, 3.63) is 24.3 Å². The quantitative estimate of drug-likeness (QED) is 0.0205. The number of ether oxygens (including phenoxy) is 4. The van der Waals surface area contributed by atoms with E-state index in [4.69, 9.17) is 18.9 Å². The number of carbonyl (C=O) groups excluding carboxylic acids is 1. The topological polar surface area (TPSA) is 228 Å². The smallest absolute Gasteiger partial charge is 0.220 e. The first-order valence-electron chi connectivity index (χ1n) is 28.6. The number of aliphatic hydroxyl groups excluding tert-OH is 8. The van der Waals surface area contributed by atoms with Crippen LogP contribution in [0.3, 0.4) is 0 Å². The highest BCUT2D eigenvalue weighted by molar-refractivity contribution is 5.76. The lowest BCUT2D eigenvalue weighted by molar-refractivity contribution is -0.359. The molecule has 2 rings (SSSR count). The van der Waals surface area contributed by atoms with Crippen molar-refractivity contribution >= 4 is 5.91 Å². The largest absolute Gasteiger partial charge is 0.394 e. The average molecular weight is 1000 g/mol. The number of nitrogens with one attached hydrogen (secondary N) is 1. The number of allylic oxidation sites excluding steroid dienone is 3. The third-order valence-electron chi connectivity index (χ3n) is 14.1. The molecule has 2 fully saturated rings. The summed E-state index contributed by atoms with van der Waals surface area (Å²) in [7, 11) is 0. The Morgan fingerprint density at radius 3 is 1.36 bits per heavy atom. The van der Waals surface area contributed by atoms with E-state index in [9.17, 15) is 45.6 Å². The van der Waals surface area contributed by atoms with Gasteiger partial charge in [0.15, 0.2) is 12.6 Å². The Balaban J connectivity index is 1.78. The van der Waals surface area contributed by atoms with Crippen molar-refractivity contribution in [2.75, 3.05) is 19.8 Å². The van der Waals surface area contributed by atoms with Crippen LogP contribution >= 0.6 is 0 Å². The molecule has 9 N–H and O–H groups in total. The van der Waals surface area contributed by atoms with Gasteiger partial charge in [-0.05, 0) is 44.9 Å². The third-order valence-corrected chi connectivity index (χ3v) is 14.1. The molecule has 70 heavy (non-hydrogen) atoms. The summed E-state index contributed by atoms with van der Waals surface area (Å²) < 4.78 is 22.7. The molecule has 0 aliphatic carbocycles. The highest BCUT2D eigenvalue weighted by atomic mass is 16.7. The zero-order valence-electron chi connectivity index (χ0n) is 44.0. The summed E-state index contributed by atoms with van der Waals surface area (Å²) in [5.41, 5.74) is 0. The fraction of sp³-hybridized carbons (Fsp3) is 0.911. The number of unbranched alkanes of at least 4 members (excludes halogenated alkanes) is 30. The summed E-state index contributed by atoms with van der Waals surface area (Å²) >= 11 is 0. The second-order valence-electron chi connectivity index (χ2n) is 20.4. The molecule has 2 heterocycles. The minimum absolute atomic E-state index is 0.247. The SMILES string of the molecule is CCCCCCC/C=C\CCCCCCCC(=O)NC(COC1OC(CO)C(OC2OC(CO)C(O)C(O)C2O)C(O)C1O)C(O)/C=C/CCCCCCCCCCCCCCCCCCCCCC. The van der Waals surface area contributed by atoms with Crippen molar-refractivity contribution in [1.82, 2.24) is 5.32 Å². The van der Waals surface area contributed by atoms with Gasteiger partial charge in [-0.3, -0.25) is 4.79 Å². The van der Waals surface area contributed by atoms with Crippen LogP contribution in [0.1, 0.15) is 232 Å². The molecule has 0 aromatic heterocycles. The maximum atomic E-state index is 13.2. The molecular formula is C56H105NO13. The highest BCUT2D eigenvalue weighted by Crippen LogP contribution is 2.30. The monoisotopic (exact) mass is 1000 g/mol. The summed E-state index contributed by atoms with van der Waals surface area (Å²) in [5, 5.41) is 86.9. The van der Waals surface area contributed by atoms with Gasteiger partial charge in [-0.15, -0.1) is 0 Å². The summed E-state index contributed by atoms with van der Waals surface area (Å²) in [6.07, 6.45) is 32.2. The molecule has 14 nitrogen and oxygen atoms in total. The number of amides is 1. The Morgan fingerprint density at radius 2 is 0.900 bits per heavy atom. The van der Waals surface area contributed by atoms with E-state index in [0.717, 1.165) is 57.8 Å². The fourth-order valence-electron chi connectivity index (χ4n) is 9.46. The zero-order chi connectivity index (χ0) is 51.0. The molecule has 0 aromatic carbocycles. The van der Waals surface area contributed by atoms with E-state index in [0.29, 0.717) is 6.42 Å². The van der Waals surface area contributed by atoms with E-state index >= 15 is 0 Å². The molecule has 2 saturated heterocycles. The standard InChI is InChI=1S/C56H105NO13/c1-3-5-7-9-11-13-15-17-19-20-21-22-23-24-25-26-27-29-31-33-35-37-39-45(60)44(57-48(61)40-38-36-34-32-30-28-18-16-14-12-10-8-6-4-2)43-67-55-53(66)51(64)54(47(42-59)69-55)70-56-52(65)50(63)49(62)46(41-58)68-56/h16,18,37,39,44-47,49-56,58-60,62-66H,3-15,17,19-36,38,40-43H2,1-2H3,(H,57,61)/b18-16-,39-37+. The number of hydrogen-bond acceptors (Lipinski definition) is 13. The normalized spacial score (nSPS) is 26.1. The third kappa shape index (κ3) is 28.8. The van der Waals surface area contributed by atoms with Gasteiger partial charge in [0.2, 0.25) is 5.91 Å². The van der Waals surface area contributed by atoms with Crippen LogP contribution in [0.15, 0.2) is 24.3 Å². The second kappa shape index (κ2) is 42.8. The zero-order valence-corrected chi connectivity index (χ0v) is 44.0. The summed E-state index contributed by atoms with van der Waals surface area (Å²) in [4.78, 5) is 13.2. The Kier molecular flexibility index (Phi) is 39.5. The van der Waals surface area contributed by atoms with Gasteiger partial charge in [0.05, 0.1) is 32.0 Å². The van der Waals surface area contributed by atoms with Gasteiger partial charge in [-0.25, -0.2) is 0 Å². The maximum absolute atomic E-state index is 13.2. The molecule has 12 unspecified atom stereocenters. The van der Waals surface area contributed by atoms with Crippen LogP contribution in [-0.2, 0) is 23.7 Å². The van der Waals surface area contributed by atoms with Crippen LogP contribution < -0.4 is 5.32 Å². The van der Waals surface area contributed by atoms with Crippen LogP contribution in [0.4, 0.5) is 0 Å². The summed E-state index contributed by atoms with van der Waals surface area (Å²) in [6, 6.07) is -0.916. The predicted molar refractivity (Wildman–Crippen MR) is 277 cm³/mol. The minimum Gasteiger partial charge on any atom is -0.394 e. The van der Waals surface area contributed by atoms with Crippen molar-refractivity contribution in [2.45, 2.75) is 306 Å². The molecule has 2 aliphatic rings.